The first-order valence-corrected chi connectivity index (χ1v) is 12.7. The minimum absolute atomic E-state index is 0.139. The van der Waals surface area contributed by atoms with Crippen LogP contribution in [0, 0.1) is 5.92 Å². The van der Waals surface area contributed by atoms with E-state index in [9.17, 15) is 19.5 Å². The fraction of sp³-hybridized carbons (Fsp3) is 0.333. The predicted octanol–water partition coefficient (Wildman–Crippen LogP) is 4.10. The number of aromatic nitrogens is 1. The van der Waals surface area contributed by atoms with Crippen LogP contribution in [0.25, 0.3) is 10.4 Å². The van der Waals surface area contributed by atoms with Gasteiger partial charge >= 0.3 is 5.97 Å². The molecular formula is C27H27N3O5S. The molecule has 186 valence electrons. The average molecular weight is 506 g/mol. The zero-order valence-corrected chi connectivity index (χ0v) is 20.6. The Morgan fingerprint density at radius 3 is 2.64 bits per heavy atom. The second-order valence-electron chi connectivity index (χ2n) is 9.36. The number of aliphatic carboxylic acids is 1. The van der Waals surface area contributed by atoms with Gasteiger partial charge in [-0.05, 0) is 48.1 Å². The quantitative estimate of drug-likeness (QED) is 0.464. The number of aldehydes is 1. The number of benzene rings is 2. The minimum atomic E-state index is -1.74. The summed E-state index contributed by atoms with van der Waals surface area (Å²) in [6, 6.07) is 14.5. The van der Waals surface area contributed by atoms with E-state index < -0.39 is 17.4 Å². The molecule has 4 atom stereocenters. The summed E-state index contributed by atoms with van der Waals surface area (Å²) in [7, 11) is 1.58. The molecule has 3 N–H and O–H groups in total. The van der Waals surface area contributed by atoms with Crippen LogP contribution in [-0.4, -0.2) is 46.9 Å². The van der Waals surface area contributed by atoms with E-state index in [0.29, 0.717) is 28.3 Å². The summed E-state index contributed by atoms with van der Waals surface area (Å²) < 4.78 is 5.18. The molecule has 36 heavy (non-hydrogen) atoms. The van der Waals surface area contributed by atoms with Gasteiger partial charge in [0.15, 0.2) is 0 Å². The molecule has 5 rings (SSSR count). The van der Waals surface area contributed by atoms with Crippen molar-refractivity contribution in [2.45, 2.75) is 43.2 Å². The maximum absolute atomic E-state index is 13.9. The molecule has 1 aliphatic carbocycles. The van der Waals surface area contributed by atoms with E-state index in [1.807, 2.05) is 41.3 Å². The van der Waals surface area contributed by atoms with Crippen molar-refractivity contribution in [3.8, 4) is 15.6 Å². The Balaban J connectivity index is 1.54. The third-order valence-corrected chi connectivity index (χ3v) is 8.50. The summed E-state index contributed by atoms with van der Waals surface area (Å²) in [6.45, 7) is 0. The van der Waals surface area contributed by atoms with Gasteiger partial charge in [-0.15, -0.1) is 0 Å². The van der Waals surface area contributed by atoms with Gasteiger partial charge in [-0.2, -0.15) is 0 Å². The number of carboxylic acid groups (broad SMARTS) is 1. The molecule has 1 aromatic heterocycles. The first kappa shape index (κ1) is 24.1. The van der Waals surface area contributed by atoms with Crippen LogP contribution in [0.3, 0.4) is 0 Å². The first-order chi connectivity index (χ1) is 17.4. The van der Waals surface area contributed by atoms with Crippen LogP contribution in [0.4, 0.5) is 5.69 Å². The second kappa shape index (κ2) is 9.48. The number of para-hydroxylation sites is 1. The number of nitrogens with zero attached hydrogens (tertiary/aromatic N) is 2. The van der Waals surface area contributed by atoms with E-state index in [-0.39, 0.29) is 24.3 Å². The molecule has 9 heteroatoms. The van der Waals surface area contributed by atoms with Crippen molar-refractivity contribution in [1.29, 1.82) is 0 Å². The molecular weight excluding hydrogens is 478 g/mol. The largest absolute Gasteiger partial charge is 0.480 e. The number of thiazole rings is 1. The number of ether oxygens (including phenoxy) is 1. The van der Waals surface area contributed by atoms with Gasteiger partial charge in [0, 0.05) is 35.8 Å². The maximum Gasteiger partial charge on any atom is 0.324 e. The van der Waals surface area contributed by atoms with E-state index in [1.54, 1.807) is 25.4 Å². The monoisotopic (exact) mass is 505 g/mol. The van der Waals surface area contributed by atoms with Gasteiger partial charge in [-0.3, -0.25) is 9.59 Å². The van der Waals surface area contributed by atoms with E-state index in [1.165, 1.54) is 11.3 Å². The molecule has 0 bridgehead atoms. The molecule has 3 aromatic rings. The van der Waals surface area contributed by atoms with E-state index in [4.69, 9.17) is 10.5 Å². The minimum Gasteiger partial charge on any atom is -0.480 e. The zero-order valence-electron chi connectivity index (χ0n) is 19.8. The fourth-order valence-electron chi connectivity index (χ4n) is 5.86. The lowest BCUT2D eigenvalue weighted by atomic mass is 9.66. The highest BCUT2D eigenvalue weighted by Crippen LogP contribution is 2.53. The maximum atomic E-state index is 13.9. The number of fused-ring (bicyclic) bond motifs is 2. The molecule has 1 aliphatic heterocycles. The highest BCUT2D eigenvalue weighted by atomic mass is 32.1. The Morgan fingerprint density at radius 1 is 1.22 bits per heavy atom. The van der Waals surface area contributed by atoms with Crippen molar-refractivity contribution in [3.63, 3.8) is 0 Å². The second-order valence-corrected chi connectivity index (χ2v) is 10.4. The Bertz CT molecular complexity index is 1310. The molecule has 2 aromatic carbocycles. The number of carbonyl (C=O) groups is 3. The number of hydrogen-bond acceptors (Lipinski definition) is 7. The van der Waals surface area contributed by atoms with Crippen LogP contribution in [0.15, 0.2) is 54.7 Å². The molecule has 0 radical (unpaired) electrons. The average Bonchev–Trinajstić information content (AvgIpc) is 3.57. The third kappa shape index (κ3) is 3.88. The normalized spacial score (nSPS) is 22.3. The van der Waals surface area contributed by atoms with E-state index in [2.05, 4.69) is 4.98 Å². The number of hydrogen-bond donors (Lipinski definition) is 2. The lowest BCUT2D eigenvalue weighted by molar-refractivity contribution is -0.146. The van der Waals surface area contributed by atoms with Crippen LogP contribution < -0.4 is 15.4 Å². The summed E-state index contributed by atoms with van der Waals surface area (Å²) in [6.07, 6.45) is 4.38. The Hall–Kier alpha value is -3.56. The summed E-state index contributed by atoms with van der Waals surface area (Å²) in [5, 5.41) is 10.6. The van der Waals surface area contributed by atoms with Crippen molar-refractivity contribution in [2.24, 2.45) is 11.7 Å². The summed E-state index contributed by atoms with van der Waals surface area (Å²) in [5.74, 6) is -2.07. The Kier molecular flexibility index (Phi) is 6.36. The van der Waals surface area contributed by atoms with Crippen molar-refractivity contribution in [3.05, 3.63) is 65.9 Å². The first-order valence-electron chi connectivity index (χ1n) is 11.9. The lowest BCUT2D eigenvalue weighted by Crippen LogP contribution is -2.60. The number of rotatable bonds is 7. The smallest absolute Gasteiger partial charge is 0.324 e. The van der Waals surface area contributed by atoms with Crippen LogP contribution in [0.1, 0.15) is 47.5 Å². The predicted molar refractivity (Wildman–Crippen MR) is 136 cm³/mol. The third-order valence-electron chi connectivity index (χ3n) is 7.49. The molecule has 1 fully saturated rings. The summed E-state index contributed by atoms with van der Waals surface area (Å²) in [4.78, 5) is 44.7. The van der Waals surface area contributed by atoms with Crippen molar-refractivity contribution in [2.75, 3.05) is 12.0 Å². The number of anilines is 1. The Morgan fingerprint density at radius 2 is 1.97 bits per heavy atom. The van der Waals surface area contributed by atoms with Crippen LogP contribution in [0.5, 0.6) is 5.19 Å². The number of methoxy groups -OCH3 is 1. The molecule has 2 aliphatic rings. The molecule has 2 heterocycles. The van der Waals surface area contributed by atoms with E-state index in [0.717, 1.165) is 29.7 Å². The number of carboxylic acids is 1. The molecule has 1 amide bonds. The van der Waals surface area contributed by atoms with Gasteiger partial charge in [0.1, 0.15) is 11.8 Å². The number of carbonyl (C=O) groups excluding carboxylic acids is 2. The van der Waals surface area contributed by atoms with Gasteiger partial charge in [0.05, 0.1) is 12.0 Å². The highest BCUT2D eigenvalue weighted by Gasteiger charge is 2.55. The van der Waals surface area contributed by atoms with Crippen molar-refractivity contribution in [1.82, 2.24) is 4.98 Å². The van der Waals surface area contributed by atoms with Crippen molar-refractivity contribution < 1.29 is 24.2 Å². The topological polar surface area (TPSA) is 123 Å². The summed E-state index contributed by atoms with van der Waals surface area (Å²) >= 11 is 1.43. The molecule has 0 spiro atoms. The zero-order chi connectivity index (χ0) is 25.4. The van der Waals surface area contributed by atoms with Crippen LogP contribution in [-0.2, 0) is 9.59 Å². The van der Waals surface area contributed by atoms with Crippen molar-refractivity contribution >= 4 is 35.2 Å². The van der Waals surface area contributed by atoms with Gasteiger partial charge < -0.3 is 25.3 Å². The fourth-order valence-corrected chi connectivity index (χ4v) is 6.60. The van der Waals surface area contributed by atoms with Gasteiger partial charge in [0.25, 0.3) is 11.1 Å². The van der Waals surface area contributed by atoms with Gasteiger partial charge in [-0.1, -0.05) is 48.1 Å². The Labute approximate surface area is 212 Å². The number of amides is 1. The number of nitrogens with two attached hydrogens (primary N) is 1. The molecule has 1 saturated carbocycles. The molecule has 8 nitrogen and oxygen atoms in total. The standard InChI is InChI=1S/C27H27N3O5S/c1-35-26-29-15-22(36-26)16-9-11-17(12-10-16)24(32)30-20-7-3-2-5-18(20)23(19-6-4-8-21(19)30)27(28,13-14-31)25(33)34/h2-3,5,7,9-12,14-15,19,21,23H,4,6,8,13,28H2,1H3,(H,33,34). The van der Waals surface area contributed by atoms with Crippen LogP contribution >= 0.6 is 11.3 Å². The molecule has 4 unspecified atom stereocenters. The highest BCUT2D eigenvalue weighted by molar-refractivity contribution is 7.16. The van der Waals surface area contributed by atoms with Crippen LogP contribution in [0.2, 0.25) is 0 Å². The summed E-state index contributed by atoms with van der Waals surface area (Å²) in [5.41, 5.74) is 7.57. The lowest BCUT2D eigenvalue weighted by Gasteiger charge is -2.48. The van der Waals surface area contributed by atoms with Gasteiger partial charge in [-0.25, -0.2) is 4.98 Å². The van der Waals surface area contributed by atoms with Gasteiger partial charge in [0.2, 0.25) is 0 Å². The SMILES string of the molecule is COc1ncc(-c2ccc(C(=O)N3c4ccccc4C(C(N)(CC=O)C(=O)O)C4CCCC43)cc2)s1. The van der Waals surface area contributed by atoms with E-state index >= 15 is 0 Å². The molecule has 0 saturated heterocycles.